The first-order chi connectivity index (χ1) is 20.6. The van der Waals surface area contributed by atoms with Gasteiger partial charge in [-0.15, -0.1) is 0 Å². The SMILES string of the molecule is [2H]C([2H])([2H])N1CN(c2cccc(Oc3cccc(-n4c5ccccc5c5cccnc54)c3)c2)c2cc(C(C)(C)C)ccc21. The molecule has 0 radical (unpaired) electrons. The van der Waals surface area contributed by atoms with Crippen molar-refractivity contribution in [2.75, 3.05) is 23.4 Å². The number of nitrogens with zero attached hydrogens (tertiary/aromatic N) is 4. The standard InChI is InChI=1S/C35H32N4O/c1-35(2,3)24-17-18-32-33(20-24)38(23-37(32)4)25-10-7-12-27(21-25)40-28-13-8-11-26(22-28)39-31-16-6-5-14-29(31)30-15-9-19-36-34(30)39/h5-22H,23H2,1-4H3/i4D3. The minimum absolute atomic E-state index is 0.0734. The Kier molecular flexibility index (Phi) is 4.83. The number of anilines is 3. The summed E-state index contributed by atoms with van der Waals surface area (Å²) < 4.78 is 33.1. The number of pyridine rings is 1. The molecule has 4 aromatic carbocycles. The molecule has 7 rings (SSSR count). The van der Waals surface area contributed by atoms with Gasteiger partial charge in [0.2, 0.25) is 0 Å². The van der Waals surface area contributed by atoms with Crippen LogP contribution in [0.5, 0.6) is 11.5 Å². The molecule has 0 N–H and O–H groups in total. The van der Waals surface area contributed by atoms with E-state index in [0.29, 0.717) is 17.2 Å². The van der Waals surface area contributed by atoms with Crippen molar-refractivity contribution >= 4 is 39.0 Å². The van der Waals surface area contributed by atoms with Gasteiger partial charge in [0, 0.05) is 45.9 Å². The molecule has 5 nitrogen and oxygen atoms in total. The van der Waals surface area contributed by atoms with Crippen LogP contribution in [0.25, 0.3) is 27.6 Å². The number of fused-ring (bicyclic) bond motifs is 4. The summed E-state index contributed by atoms with van der Waals surface area (Å²) in [6, 6.07) is 34.3. The van der Waals surface area contributed by atoms with Gasteiger partial charge in [-0.25, -0.2) is 4.98 Å². The van der Waals surface area contributed by atoms with Crippen LogP contribution in [0, 0.1) is 0 Å². The average molecular weight is 528 g/mol. The van der Waals surface area contributed by atoms with Gasteiger partial charge in [-0.1, -0.05) is 57.2 Å². The molecular formula is C35H32N4O. The van der Waals surface area contributed by atoms with Crippen molar-refractivity contribution in [2.45, 2.75) is 26.2 Å². The normalized spacial score (nSPS) is 14.7. The number of aromatic nitrogens is 2. The summed E-state index contributed by atoms with van der Waals surface area (Å²) in [6.07, 6.45) is 1.82. The van der Waals surface area contributed by atoms with Crippen LogP contribution < -0.4 is 14.5 Å². The third-order valence-corrected chi connectivity index (χ3v) is 7.58. The number of rotatable bonds is 4. The Morgan fingerprint density at radius 1 is 0.750 bits per heavy atom. The van der Waals surface area contributed by atoms with Gasteiger partial charge >= 0.3 is 0 Å². The summed E-state index contributed by atoms with van der Waals surface area (Å²) >= 11 is 0. The molecule has 1 aliphatic rings. The van der Waals surface area contributed by atoms with Crippen LogP contribution in [-0.2, 0) is 5.41 Å². The summed E-state index contributed by atoms with van der Waals surface area (Å²) in [5.74, 6) is 1.35. The van der Waals surface area contributed by atoms with Crippen LogP contribution in [0.1, 0.15) is 30.4 Å². The van der Waals surface area contributed by atoms with Crippen LogP contribution in [0.2, 0.25) is 0 Å². The van der Waals surface area contributed by atoms with Crippen molar-refractivity contribution in [3.8, 4) is 17.2 Å². The van der Waals surface area contributed by atoms with Gasteiger partial charge in [-0.2, -0.15) is 0 Å². The number of para-hydroxylation sites is 1. The van der Waals surface area contributed by atoms with E-state index < -0.39 is 6.98 Å². The minimum atomic E-state index is -2.26. The van der Waals surface area contributed by atoms with E-state index in [1.807, 2.05) is 83.9 Å². The fourth-order valence-corrected chi connectivity index (χ4v) is 5.54. The van der Waals surface area contributed by atoms with Crippen LogP contribution >= 0.6 is 0 Å². The van der Waals surface area contributed by atoms with Crippen molar-refractivity contribution in [2.24, 2.45) is 0 Å². The molecule has 40 heavy (non-hydrogen) atoms. The van der Waals surface area contributed by atoms with E-state index in [1.165, 1.54) is 4.90 Å². The summed E-state index contributed by atoms with van der Waals surface area (Å²) in [6.45, 7) is 4.44. The lowest BCUT2D eigenvalue weighted by molar-refractivity contribution is 0.482. The molecule has 1 aliphatic heterocycles. The van der Waals surface area contributed by atoms with E-state index in [4.69, 9.17) is 13.8 Å². The van der Waals surface area contributed by atoms with Crippen molar-refractivity contribution in [3.63, 3.8) is 0 Å². The van der Waals surface area contributed by atoms with Gasteiger partial charge in [-0.05, 0) is 65.6 Å². The summed E-state index contributed by atoms with van der Waals surface area (Å²) in [5, 5.41) is 2.25. The van der Waals surface area contributed by atoms with Crippen molar-refractivity contribution in [1.29, 1.82) is 0 Å². The fourth-order valence-electron chi connectivity index (χ4n) is 5.54. The first-order valence-corrected chi connectivity index (χ1v) is 13.5. The smallest absolute Gasteiger partial charge is 0.145 e. The predicted octanol–water partition coefficient (Wildman–Crippen LogP) is 8.81. The fraction of sp³-hybridized carbons (Fsp3) is 0.171. The molecule has 0 unspecified atom stereocenters. The van der Waals surface area contributed by atoms with E-state index in [0.717, 1.165) is 44.6 Å². The van der Waals surface area contributed by atoms with E-state index in [-0.39, 0.29) is 12.1 Å². The van der Waals surface area contributed by atoms with E-state index in [2.05, 4.69) is 55.7 Å². The Balaban J connectivity index is 1.24. The molecule has 0 atom stereocenters. The van der Waals surface area contributed by atoms with Gasteiger partial charge in [0.1, 0.15) is 17.1 Å². The Hall–Kier alpha value is -4.77. The van der Waals surface area contributed by atoms with Gasteiger partial charge in [0.25, 0.3) is 0 Å². The molecule has 2 aromatic heterocycles. The molecule has 0 fully saturated rings. The quantitative estimate of drug-likeness (QED) is 0.229. The Morgan fingerprint density at radius 2 is 1.50 bits per heavy atom. The first kappa shape index (κ1) is 21.1. The van der Waals surface area contributed by atoms with Gasteiger partial charge in [-0.3, -0.25) is 4.57 Å². The zero-order chi connectivity index (χ0) is 29.9. The zero-order valence-electron chi connectivity index (χ0n) is 25.8. The lowest BCUT2D eigenvalue weighted by atomic mass is 9.86. The molecule has 0 spiro atoms. The Bertz CT molecular complexity index is 1940. The highest BCUT2D eigenvalue weighted by Crippen LogP contribution is 2.43. The second-order valence-electron chi connectivity index (χ2n) is 11.3. The average Bonchev–Trinajstić information content (AvgIpc) is 3.53. The summed E-state index contributed by atoms with van der Waals surface area (Å²) in [4.78, 5) is 8.22. The van der Waals surface area contributed by atoms with Gasteiger partial charge < -0.3 is 14.5 Å². The third-order valence-electron chi connectivity index (χ3n) is 7.58. The molecule has 0 bridgehead atoms. The van der Waals surface area contributed by atoms with Crippen molar-refractivity contribution < 1.29 is 8.85 Å². The second kappa shape index (κ2) is 9.16. The Morgan fingerprint density at radius 3 is 2.30 bits per heavy atom. The van der Waals surface area contributed by atoms with E-state index in [9.17, 15) is 0 Å². The lowest BCUT2D eigenvalue weighted by Gasteiger charge is -2.23. The maximum absolute atomic E-state index is 8.16. The monoisotopic (exact) mass is 527 g/mol. The highest BCUT2D eigenvalue weighted by Gasteiger charge is 2.27. The van der Waals surface area contributed by atoms with Crippen molar-refractivity contribution in [3.05, 3.63) is 115 Å². The van der Waals surface area contributed by atoms with Gasteiger partial charge in [0.15, 0.2) is 0 Å². The maximum Gasteiger partial charge on any atom is 0.145 e. The van der Waals surface area contributed by atoms with Gasteiger partial charge in [0.05, 0.1) is 29.2 Å². The highest BCUT2D eigenvalue weighted by atomic mass is 16.5. The number of hydrogen-bond acceptors (Lipinski definition) is 4. The van der Waals surface area contributed by atoms with Crippen LogP contribution in [0.4, 0.5) is 17.1 Å². The van der Waals surface area contributed by atoms with E-state index >= 15 is 0 Å². The van der Waals surface area contributed by atoms with Crippen LogP contribution in [0.15, 0.2) is 109 Å². The molecule has 0 amide bonds. The molecule has 0 aliphatic carbocycles. The minimum Gasteiger partial charge on any atom is -0.457 e. The predicted molar refractivity (Wildman–Crippen MR) is 166 cm³/mol. The van der Waals surface area contributed by atoms with Crippen molar-refractivity contribution in [1.82, 2.24) is 9.55 Å². The molecular weight excluding hydrogens is 492 g/mol. The van der Waals surface area contributed by atoms with Crippen LogP contribution in [-0.4, -0.2) is 23.2 Å². The number of benzene rings is 4. The largest absolute Gasteiger partial charge is 0.457 e. The molecule has 5 heteroatoms. The molecule has 0 saturated heterocycles. The Labute approximate surface area is 239 Å². The van der Waals surface area contributed by atoms with Crippen LogP contribution in [0.3, 0.4) is 0 Å². The highest BCUT2D eigenvalue weighted by molar-refractivity contribution is 6.07. The topological polar surface area (TPSA) is 33.5 Å². The molecule has 0 saturated carbocycles. The lowest BCUT2D eigenvalue weighted by Crippen LogP contribution is -2.23. The zero-order valence-corrected chi connectivity index (χ0v) is 22.8. The number of hydrogen-bond donors (Lipinski definition) is 0. The number of ether oxygens (including phenoxy) is 1. The first-order valence-electron chi connectivity index (χ1n) is 15.0. The summed E-state index contributed by atoms with van der Waals surface area (Å²) in [7, 11) is 0. The molecule has 198 valence electrons. The van der Waals surface area contributed by atoms with E-state index in [1.54, 1.807) is 0 Å². The maximum atomic E-state index is 8.16. The molecule has 6 aromatic rings. The third kappa shape index (κ3) is 4.06. The second-order valence-corrected chi connectivity index (χ2v) is 11.3. The molecule has 3 heterocycles. The summed E-state index contributed by atoms with van der Waals surface area (Å²) in [5.41, 5.74) is 6.44.